The van der Waals surface area contributed by atoms with Crippen LogP contribution in [0, 0.1) is 11.8 Å². The van der Waals surface area contributed by atoms with Crippen LogP contribution in [-0.2, 0) is 4.79 Å². The summed E-state index contributed by atoms with van der Waals surface area (Å²) in [6.07, 6.45) is 9.21. The minimum absolute atomic E-state index is 0.199. The Balaban J connectivity index is 1.72. The van der Waals surface area contributed by atoms with Crippen LogP contribution in [-0.4, -0.2) is 52.9 Å². The van der Waals surface area contributed by atoms with Crippen LogP contribution in [0.1, 0.15) is 84.4 Å². The summed E-state index contributed by atoms with van der Waals surface area (Å²) >= 11 is 0. The van der Waals surface area contributed by atoms with E-state index >= 15 is 0 Å². The lowest BCUT2D eigenvalue weighted by molar-refractivity contribution is -0.127. The smallest absolute Gasteiger partial charge is 0.138 e. The standard InChI is InChI=1S/C24H40N4O/c1-6-17(4)23(29)18-9-11-19(12-10-18)24-25-14-13-22(26-24)28-20(7-2)15-27(5)16-21(28)8-3/h13-14,17-21H,6-12,15-16H2,1-5H3. The van der Waals surface area contributed by atoms with E-state index in [9.17, 15) is 4.79 Å². The molecule has 3 atom stereocenters. The number of hydrogen-bond acceptors (Lipinski definition) is 5. The number of carbonyl (C=O) groups is 1. The highest BCUT2D eigenvalue weighted by molar-refractivity contribution is 5.83. The number of piperazine rings is 1. The first kappa shape index (κ1) is 22.2. The molecule has 3 rings (SSSR count). The van der Waals surface area contributed by atoms with Crippen LogP contribution in [0.5, 0.6) is 0 Å². The Labute approximate surface area is 177 Å². The van der Waals surface area contributed by atoms with Gasteiger partial charge in [-0.2, -0.15) is 0 Å². The number of anilines is 1. The fourth-order valence-corrected chi connectivity index (χ4v) is 5.24. The van der Waals surface area contributed by atoms with Crippen LogP contribution in [0.15, 0.2) is 12.3 Å². The molecule has 1 saturated heterocycles. The van der Waals surface area contributed by atoms with E-state index < -0.39 is 0 Å². The third-order valence-electron chi connectivity index (χ3n) is 7.29. The van der Waals surface area contributed by atoms with E-state index in [1.807, 2.05) is 6.20 Å². The molecule has 2 aliphatic rings. The Morgan fingerprint density at radius 1 is 1.10 bits per heavy atom. The number of aromatic nitrogens is 2. The molecule has 5 nitrogen and oxygen atoms in total. The van der Waals surface area contributed by atoms with E-state index in [1.54, 1.807) is 0 Å². The van der Waals surface area contributed by atoms with Gasteiger partial charge in [-0.25, -0.2) is 9.97 Å². The lowest BCUT2D eigenvalue weighted by Crippen LogP contribution is -2.57. The van der Waals surface area contributed by atoms with Crippen molar-refractivity contribution in [2.75, 3.05) is 25.0 Å². The predicted molar refractivity (Wildman–Crippen MR) is 119 cm³/mol. The summed E-state index contributed by atoms with van der Waals surface area (Å²) in [4.78, 5) is 27.3. The number of likely N-dealkylation sites (N-methyl/N-ethyl adjacent to an activating group) is 1. The third kappa shape index (κ3) is 4.99. The Morgan fingerprint density at radius 2 is 1.72 bits per heavy atom. The van der Waals surface area contributed by atoms with Gasteiger partial charge in [0.2, 0.25) is 0 Å². The van der Waals surface area contributed by atoms with Gasteiger partial charge in [0, 0.05) is 49.1 Å². The van der Waals surface area contributed by atoms with E-state index in [1.165, 1.54) is 0 Å². The van der Waals surface area contributed by atoms with Crippen molar-refractivity contribution in [1.82, 2.24) is 14.9 Å². The lowest BCUT2D eigenvalue weighted by atomic mass is 9.77. The summed E-state index contributed by atoms with van der Waals surface area (Å²) in [5, 5.41) is 0. The molecule has 0 N–H and O–H groups in total. The predicted octanol–water partition coefficient (Wildman–Crippen LogP) is 4.67. The third-order valence-corrected chi connectivity index (χ3v) is 7.29. The maximum absolute atomic E-state index is 12.6. The maximum Gasteiger partial charge on any atom is 0.138 e. The van der Waals surface area contributed by atoms with Crippen LogP contribution in [0.2, 0.25) is 0 Å². The molecule has 0 amide bonds. The van der Waals surface area contributed by atoms with Gasteiger partial charge in [-0.1, -0.05) is 27.7 Å². The molecule has 1 aliphatic heterocycles. The second-order valence-electron chi connectivity index (χ2n) is 9.29. The number of carbonyl (C=O) groups excluding carboxylic acids is 1. The van der Waals surface area contributed by atoms with Gasteiger partial charge < -0.3 is 9.80 Å². The van der Waals surface area contributed by atoms with E-state index in [0.29, 0.717) is 23.8 Å². The summed E-state index contributed by atoms with van der Waals surface area (Å²) < 4.78 is 0. The summed E-state index contributed by atoms with van der Waals surface area (Å²) in [5.41, 5.74) is 0. The molecule has 2 heterocycles. The first-order valence-corrected chi connectivity index (χ1v) is 11.8. The second-order valence-corrected chi connectivity index (χ2v) is 9.29. The highest BCUT2D eigenvalue weighted by Crippen LogP contribution is 2.37. The van der Waals surface area contributed by atoms with Crippen molar-refractivity contribution in [1.29, 1.82) is 0 Å². The van der Waals surface area contributed by atoms with Crippen LogP contribution in [0.25, 0.3) is 0 Å². The van der Waals surface area contributed by atoms with Crippen molar-refractivity contribution in [2.24, 2.45) is 11.8 Å². The molecule has 0 radical (unpaired) electrons. The summed E-state index contributed by atoms with van der Waals surface area (Å²) in [5.74, 6) is 3.39. The fraction of sp³-hybridized carbons (Fsp3) is 0.792. The molecule has 29 heavy (non-hydrogen) atoms. The number of nitrogens with zero attached hydrogens (tertiary/aromatic N) is 4. The monoisotopic (exact) mass is 400 g/mol. The van der Waals surface area contributed by atoms with Crippen molar-refractivity contribution >= 4 is 11.6 Å². The SMILES string of the molecule is CCC(C)C(=O)C1CCC(c2nccc(N3C(CC)CN(C)CC3CC)n2)CC1. The molecule has 0 bridgehead atoms. The van der Waals surface area contributed by atoms with Gasteiger partial charge in [0.15, 0.2) is 0 Å². The zero-order chi connectivity index (χ0) is 21.0. The quantitative estimate of drug-likeness (QED) is 0.665. The number of ketones is 1. The van der Waals surface area contributed by atoms with Crippen molar-refractivity contribution in [3.8, 4) is 0 Å². The second kappa shape index (κ2) is 10.0. The van der Waals surface area contributed by atoms with Crippen molar-refractivity contribution in [3.05, 3.63) is 18.1 Å². The Hall–Kier alpha value is -1.49. The van der Waals surface area contributed by atoms with Gasteiger partial charge in [-0.3, -0.25) is 4.79 Å². The van der Waals surface area contributed by atoms with E-state index in [0.717, 1.165) is 69.7 Å². The van der Waals surface area contributed by atoms with Crippen LogP contribution in [0.3, 0.4) is 0 Å². The number of Topliss-reactive ketones (excluding diaryl/α,β-unsaturated/α-hetero) is 1. The Kier molecular flexibility index (Phi) is 7.66. The van der Waals surface area contributed by atoms with Gasteiger partial charge in [-0.05, 0) is 58.1 Å². The van der Waals surface area contributed by atoms with Gasteiger partial charge in [-0.15, -0.1) is 0 Å². The average molecular weight is 401 g/mol. The van der Waals surface area contributed by atoms with Gasteiger partial charge in [0.05, 0.1) is 0 Å². The molecule has 1 saturated carbocycles. The Morgan fingerprint density at radius 3 is 2.28 bits per heavy atom. The van der Waals surface area contributed by atoms with Crippen molar-refractivity contribution < 1.29 is 4.79 Å². The highest BCUT2D eigenvalue weighted by Gasteiger charge is 2.34. The van der Waals surface area contributed by atoms with E-state index in [4.69, 9.17) is 4.98 Å². The largest absolute Gasteiger partial charge is 0.348 e. The minimum Gasteiger partial charge on any atom is -0.348 e. The van der Waals surface area contributed by atoms with Gasteiger partial charge >= 0.3 is 0 Å². The zero-order valence-corrected chi connectivity index (χ0v) is 19.1. The summed E-state index contributed by atoms with van der Waals surface area (Å²) in [6.45, 7) is 10.9. The average Bonchev–Trinajstić information content (AvgIpc) is 2.77. The zero-order valence-electron chi connectivity index (χ0n) is 19.1. The maximum atomic E-state index is 12.6. The first-order chi connectivity index (χ1) is 14.0. The molecule has 162 valence electrons. The van der Waals surface area contributed by atoms with Crippen LogP contribution >= 0.6 is 0 Å². The van der Waals surface area contributed by atoms with Gasteiger partial charge in [0.25, 0.3) is 0 Å². The van der Waals surface area contributed by atoms with Gasteiger partial charge in [0.1, 0.15) is 17.4 Å². The Bertz CT molecular complexity index is 657. The van der Waals surface area contributed by atoms with Crippen molar-refractivity contribution in [2.45, 2.75) is 90.6 Å². The fourth-order valence-electron chi connectivity index (χ4n) is 5.24. The molecule has 1 aromatic rings. The summed E-state index contributed by atoms with van der Waals surface area (Å²) in [7, 11) is 2.23. The molecule has 2 fully saturated rings. The molecular formula is C24H40N4O. The number of hydrogen-bond donors (Lipinski definition) is 0. The first-order valence-electron chi connectivity index (χ1n) is 11.8. The molecule has 3 unspecified atom stereocenters. The normalized spacial score (nSPS) is 29.6. The molecule has 5 heteroatoms. The molecule has 0 aromatic carbocycles. The number of rotatable bonds is 7. The lowest BCUT2D eigenvalue weighted by Gasteiger charge is -2.46. The summed E-state index contributed by atoms with van der Waals surface area (Å²) in [6, 6.07) is 3.11. The van der Waals surface area contributed by atoms with Crippen molar-refractivity contribution in [3.63, 3.8) is 0 Å². The van der Waals surface area contributed by atoms with E-state index in [2.05, 4.69) is 55.6 Å². The topological polar surface area (TPSA) is 49.3 Å². The molecule has 1 aliphatic carbocycles. The molecular weight excluding hydrogens is 360 g/mol. The molecule has 1 aromatic heterocycles. The van der Waals surface area contributed by atoms with E-state index in [-0.39, 0.29) is 11.8 Å². The highest BCUT2D eigenvalue weighted by atomic mass is 16.1. The minimum atomic E-state index is 0.199. The molecule has 0 spiro atoms. The van der Waals surface area contributed by atoms with Crippen LogP contribution in [0.4, 0.5) is 5.82 Å². The van der Waals surface area contributed by atoms with Crippen LogP contribution < -0.4 is 4.90 Å².